The Bertz CT molecular complexity index is 736. The molecule has 6 heteroatoms. The Kier molecular flexibility index (Phi) is 4.95. The van der Waals surface area contributed by atoms with Crippen molar-refractivity contribution in [3.8, 4) is 5.75 Å². The molecule has 0 unspecified atom stereocenters. The van der Waals surface area contributed by atoms with E-state index >= 15 is 0 Å². The minimum atomic E-state index is -0.475. The van der Waals surface area contributed by atoms with Crippen LogP contribution >= 0.6 is 0 Å². The SMILES string of the molecule is Cc1cc(C)cc(OCC(=O)Nc2cccc([N+](=O)[O-])c2C)c1. The normalized spacial score (nSPS) is 10.2. The van der Waals surface area contributed by atoms with Gasteiger partial charge in [-0.3, -0.25) is 14.9 Å². The van der Waals surface area contributed by atoms with Crippen LogP contribution in [0.15, 0.2) is 36.4 Å². The van der Waals surface area contributed by atoms with Crippen LogP contribution in [0.25, 0.3) is 0 Å². The van der Waals surface area contributed by atoms with Gasteiger partial charge in [0.05, 0.1) is 16.2 Å². The first-order valence-corrected chi connectivity index (χ1v) is 7.12. The number of hydrogen-bond donors (Lipinski definition) is 1. The summed E-state index contributed by atoms with van der Waals surface area (Å²) in [4.78, 5) is 22.4. The van der Waals surface area contributed by atoms with Gasteiger partial charge in [0.25, 0.3) is 11.6 Å². The van der Waals surface area contributed by atoms with Crippen LogP contribution < -0.4 is 10.1 Å². The number of aryl methyl sites for hydroxylation is 2. The van der Waals surface area contributed by atoms with Gasteiger partial charge in [0.1, 0.15) is 5.75 Å². The summed E-state index contributed by atoms with van der Waals surface area (Å²) in [5.41, 5.74) is 2.90. The van der Waals surface area contributed by atoms with Gasteiger partial charge in [-0.05, 0) is 50.1 Å². The molecule has 120 valence electrons. The molecular weight excluding hydrogens is 296 g/mol. The molecule has 0 spiro atoms. The zero-order valence-corrected chi connectivity index (χ0v) is 13.3. The molecule has 2 rings (SSSR count). The monoisotopic (exact) mass is 314 g/mol. The Morgan fingerprint density at radius 3 is 2.43 bits per heavy atom. The molecule has 0 fully saturated rings. The molecule has 0 heterocycles. The van der Waals surface area contributed by atoms with Crippen molar-refractivity contribution in [2.45, 2.75) is 20.8 Å². The molecule has 0 aliphatic carbocycles. The van der Waals surface area contributed by atoms with Crippen molar-refractivity contribution in [3.63, 3.8) is 0 Å². The fourth-order valence-corrected chi connectivity index (χ4v) is 2.31. The van der Waals surface area contributed by atoms with Crippen LogP contribution in [0, 0.1) is 30.9 Å². The summed E-state index contributed by atoms with van der Waals surface area (Å²) in [6, 6.07) is 10.3. The topological polar surface area (TPSA) is 81.5 Å². The van der Waals surface area contributed by atoms with E-state index in [4.69, 9.17) is 4.74 Å². The zero-order chi connectivity index (χ0) is 17.0. The fourth-order valence-electron chi connectivity index (χ4n) is 2.31. The van der Waals surface area contributed by atoms with Crippen LogP contribution in [0.1, 0.15) is 16.7 Å². The van der Waals surface area contributed by atoms with E-state index in [1.807, 2.05) is 32.0 Å². The number of ether oxygens (including phenoxy) is 1. The molecule has 0 aromatic heterocycles. The molecule has 0 bridgehead atoms. The second-order valence-electron chi connectivity index (χ2n) is 5.37. The number of nitrogens with zero attached hydrogens (tertiary/aromatic N) is 1. The number of hydrogen-bond acceptors (Lipinski definition) is 4. The third-order valence-corrected chi connectivity index (χ3v) is 3.34. The van der Waals surface area contributed by atoms with Gasteiger partial charge in [-0.1, -0.05) is 12.1 Å². The second-order valence-corrected chi connectivity index (χ2v) is 5.37. The number of amides is 1. The Hall–Kier alpha value is -2.89. The maximum atomic E-state index is 12.0. The van der Waals surface area contributed by atoms with Gasteiger partial charge >= 0.3 is 0 Å². The van der Waals surface area contributed by atoms with E-state index in [1.165, 1.54) is 12.1 Å². The first-order chi connectivity index (χ1) is 10.9. The number of nitro groups is 1. The summed E-state index contributed by atoms with van der Waals surface area (Å²) < 4.78 is 5.47. The quantitative estimate of drug-likeness (QED) is 0.676. The Balaban J connectivity index is 2.03. The Morgan fingerprint density at radius 1 is 1.17 bits per heavy atom. The molecule has 23 heavy (non-hydrogen) atoms. The second kappa shape index (κ2) is 6.91. The maximum Gasteiger partial charge on any atom is 0.274 e. The van der Waals surface area contributed by atoms with Crippen LogP contribution in [0.5, 0.6) is 5.75 Å². The van der Waals surface area contributed by atoms with Crippen molar-refractivity contribution >= 4 is 17.3 Å². The molecule has 0 aliphatic rings. The van der Waals surface area contributed by atoms with E-state index in [2.05, 4.69) is 5.32 Å². The van der Waals surface area contributed by atoms with E-state index in [9.17, 15) is 14.9 Å². The van der Waals surface area contributed by atoms with Gasteiger partial charge < -0.3 is 10.1 Å². The van der Waals surface area contributed by atoms with Gasteiger partial charge in [0, 0.05) is 6.07 Å². The van der Waals surface area contributed by atoms with Crippen LogP contribution in [-0.4, -0.2) is 17.4 Å². The van der Waals surface area contributed by atoms with Crippen molar-refractivity contribution < 1.29 is 14.5 Å². The molecule has 0 saturated carbocycles. The van der Waals surface area contributed by atoms with E-state index in [1.54, 1.807) is 13.0 Å². The molecule has 0 atom stereocenters. The molecule has 6 nitrogen and oxygen atoms in total. The van der Waals surface area contributed by atoms with Crippen LogP contribution in [0.3, 0.4) is 0 Å². The highest BCUT2D eigenvalue weighted by Gasteiger charge is 2.15. The summed E-state index contributed by atoms with van der Waals surface area (Å²) in [5.74, 6) is 0.251. The van der Waals surface area contributed by atoms with E-state index < -0.39 is 4.92 Å². The summed E-state index contributed by atoms with van der Waals surface area (Å²) in [6.07, 6.45) is 0. The predicted molar refractivity (Wildman–Crippen MR) is 87.9 cm³/mol. The Morgan fingerprint density at radius 2 is 1.83 bits per heavy atom. The average Bonchev–Trinajstić information content (AvgIpc) is 2.46. The number of carbonyl (C=O) groups excluding carboxylic acids is 1. The lowest BCUT2D eigenvalue weighted by molar-refractivity contribution is -0.385. The highest BCUT2D eigenvalue weighted by Crippen LogP contribution is 2.25. The smallest absolute Gasteiger partial charge is 0.274 e. The number of nitro benzene ring substituents is 1. The highest BCUT2D eigenvalue weighted by molar-refractivity contribution is 5.93. The van der Waals surface area contributed by atoms with Gasteiger partial charge in [-0.2, -0.15) is 0 Å². The number of anilines is 1. The van der Waals surface area contributed by atoms with Gasteiger partial charge in [-0.25, -0.2) is 0 Å². The zero-order valence-electron chi connectivity index (χ0n) is 13.3. The summed E-state index contributed by atoms with van der Waals surface area (Å²) in [6.45, 7) is 5.34. The minimum absolute atomic E-state index is 0.0296. The summed E-state index contributed by atoms with van der Waals surface area (Å²) in [7, 11) is 0. The van der Waals surface area contributed by atoms with Crippen LogP contribution in [0.2, 0.25) is 0 Å². The lowest BCUT2D eigenvalue weighted by Crippen LogP contribution is -2.20. The van der Waals surface area contributed by atoms with E-state index in [-0.39, 0.29) is 18.2 Å². The third-order valence-electron chi connectivity index (χ3n) is 3.34. The first-order valence-electron chi connectivity index (χ1n) is 7.12. The third kappa shape index (κ3) is 4.29. The predicted octanol–water partition coefficient (Wildman–Crippen LogP) is 3.54. The Labute approximate surface area is 134 Å². The molecule has 0 aliphatic heterocycles. The average molecular weight is 314 g/mol. The number of benzene rings is 2. The molecule has 2 aromatic rings. The van der Waals surface area contributed by atoms with Crippen LogP contribution in [0.4, 0.5) is 11.4 Å². The molecule has 1 amide bonds. The largest absolute Gasteiger partial charge is 0.484 e. The number of nitrogens with one attached hydrogen (secondary N) is 1. The van der Waals surface area contributed by atoms with Gasteiger partial charge in [0.15, 0.2) is 6.61 Å². The molecule has 0 radical (unpaired) electrons. The number of rotatable bonds is 5. The first kappa shape index (κ1) is 16.5. The summed E-state index contributed by atoms with van der Waals surface area (Å²) >= 11 is 0. The van der Waals surface area contributed by atoms with Gasteiger partial charge in [-0.15, -0.1) is 0 Å². The molecule has 2 aromatic carbocycles. The van der Waals surface area contributed by atoms with Gasteiger partial charge in [0.2, 0.25) is 0 Å². The molecule has 1 N–H and O–H groups in total. The fraction of sp³-hybridized carbons (Fsp3) is 0.235. The number of carbonyl (C=O) groups is 1. The van der Waals surface area contributed by atoms with Crippen molar-refractivity contribution in [2.75, 3.05) is 11.9 Å². The lowest BCUT2D eigenvalue weighted by Gasteiger charge is -2.10. The van der Waals surface area contributed by atoms with Crippen molar-refractivity contribution in [1.29, 1.82) is 0 Å². The van der Waals surface area contributed by atoms with Crippen molar-refractivity contribution in [1.82, 2.24) is 0 Å². The molecule has 0 saturated heterocycles. The summed E-state index contributed by atoms with van der Waals surface area (Å²) in [5, 5.41) is 13.5. The van der Waals surface area contributed by atoms with Crippen molar-refractivity contribution in [2.24, 2.45) is 0 Å². The van der Waals surface area contributed by atoms with E-state index in [0.717, 1.165) is 11.1 Å². The van der Waals surface area contributed by atoms with Crippen LogP contribution in [-0.2, 0) is 4.79 Å². The van der Waals surface area contributed by atoms with E-state index in [0.29, 0.717) is 17.0 Å². The maximum absolute atomic E-state index is 12.0. The standard InChI is InChI=1S/C17H18N2O4/c1-11-7-12(2)9-14(8-11)23-10-17(20)18-15-5-4-6-16(13(15)3)19(21)22/h4-9H,10H2,1-3H3,(H,18,20). The minimum Gasteiger partial charge on any atom is -0.484 e. The highest BCUT2D eigenvalue weighted by atomic mass is 16.6. The lowest BCUT2D eigenvalue weighted by atomic mass is 10.1. The molecular formula is C17H18N2O4. The van der Waals surface area contributed by atoms with Crippen molar-refractivity contribution in [3.05, 3.63) is 63.2 Å².